The highest BCUT2D eigenvalue weighted by atomic mass is 19.1. The Bertz CT molecular complexity index is 372. The Labute approximate surface area is 94.4 Å². The third-order valence-corrected chi connectivity index (χ3v) is 3.08. The minimum atomic E-state index is -0.558. The molecule has 0 radical (unpaired) electrons. The van der Waals surface area contributed by atoms with Crippen LogP contribution >= 0.6 is 0 Å². The average molecular weight is 222 g/mol. The van der Waals surface area contributed by atoms with E-state index in [9.17, 15) is 9.18 Å². The van der Waals surface area contributed by atoms with Gasteiger partial charge in [0.1, 0.15) is 5.82 Å². The largest absolute Gasteiger partial charge is 0.462 e. The van der Waals surface area contributed by atoms with Crippen LogP contribution in [0.2, 0.25) is 0 Å². The fraction of sp³-hybridized carbons (Fsp3) is 0.462. The SMILES string of the molecule is O=C(OCCC1CCC1)c1ccccc1F. The first-order valence-electron chi connectivity index (χ1n) is 5.69. The second-order valence-electron chi connectivity index (χ2n) is 4.20. The zero-order valence-corrected chi connectivity index (χ0v) is 9.12. The number of halogens is 1. The number of rotatable bonds is 4. The molecule has 0 N–H and O–H groups in total. The van der Waals surface area contributed by atoms with Crippen LogP contribution in [0.25, 0.3) is 0 Å². The number of esters is 1. The number of carbonyl (C=O) groups is 1. The maximum Gasteiger partial charge on any atom is 0.341 e. The van der Waals surface area contributed by atoms with Gasteiger partial charge in [-0.2, -0.15) is 0 Å². The predicted molar refractivity (Wildman–Crippen MR) is 58.6 cm³/mol. The Hall–Kier alpha value is -1.38. The van der Waals surface area contributed by atoms with Crippen molar-refractivity contribution in [2.75, 3.05) is 6.61 Å². The van der Waals surface area contributed by atoms with Gasteiger partial charge in [0.2, 0.25) is 0 Å². The summed E-state index contributed by atoms with van der Waals surface area (Å²) in [6.07, 6.45) is 4.65. The van der Waals surface area contributed by atoms with E-state index < -0.39 is 11.8 Å². The second kappa shape index (κ2) is 5.10. The normalized spacial score (nSPS) is 15.6. The summed E-state index contributed by atoms with van der Waals surface area (Å²) < 4.78 is 18.2. The lowest BCUT2D eigenvalue weighted by molar-refractivity contribution is 0.0459. The Morgan fingerprint density at radius 3 is 2.75 bits per heavy atom. The van der Waals surface area contributed by atoms with Gasteiger partial charge in [0.05, 0.1) is 12.2 Å². The van der Waals surface area contributed by atoms with E-state index in [1.54, 1.807) is 12.1 Å². The zero-order valence-electron chi connectivity index (χ0n) is 9.12. The van der Waals surface area contributed by atoms with Crippen molar-refractivity contribution in [1.29, 1.82) is 0 Å². The van der Waals surface area contributed by atoms with Crippen molar-refractivity contribution < 1.29 is 13.9 Å². The summed E-state index contributed by atoms with van der Waals surface area (Å²) in [5.74, 6) is -0.373. The Kier molecular flexibility index (Phi) is 3.54. The van der Waals surface area contributed by atoms with Crippen molar-refractivity contribution in [2.24, 2.45) is 5.92 Å². The minimum Gasteiger partial charge on any atom is -0.462 e. The molecule has 3 heteroatoms. The van der Waals surface area contributed by atoms with Gasteiger partial charge < -0.3 is 4.74 Å². The van der Waals surface area contributed by atoms with E-state index >= 15 is 0 Å². The standard InChI is InChI=1S/C13H15FO2/c14-12-7-2-1-6-11(12)13(15)16-9-8-10-4-3-5-10/h1-2,6-7,10H,3-5,8-9H2. The molecule has 1 saturated carbocycles. The first-order chi connectivity index (χ1) is 7.77. The minimum absolute atomic E-state index is 0.0242. The highest BCUT2D eigenvalue weighted by Crippen LogP contribution is 2.29. The molecule has 1 aliphatic carbocycles. The third kappa shape index (κ3) is 2.60. The zero-order chi connectivity index (χ0) is 11.4. The summed E-state index contributed by atoms with van der Waals surface area (Å²) in [7, 11) is 0. The van der Waals surface area contributed by atoms with Crippen LogP contribution < -0.4 is 0 Å². The van der Waals surface area contributed by atoms with E-state index in [0.29, 0.717) is 12.5 Å². The molecule has 0 unspecified atom stereocenters. The third-order valence-electron chi connectivity index (χ3n) is 3.08. The van der Waals surface area contributed by atoms with Crippen LogP contribution in [0.3, 0.4) is 0 Å². The molecule has 2 nitrogen and oxygen atoms in total. The van der Waals surface area contributed by atoms with Crippen LogP contribution in [0.5, 0.6) is 0 Å². The quantitative estimate of drug-likeness (QED) is 0.731. The lowest BCUT2D eigenvalue weighted by Gasteiger charge is -2.24. The Morgan fingerprint density at radius 2 is 2.12 bits per heavy atom. The van der Waals surface area contributed by atoms with Gasteiger partial charge in [0, 0.05) is 0 Å². The van der Waals surface area contributed by atoms with Gasteiger partial charge in [-0.15, -0.1) is 0 Å². The van der Waals surface area contributed by atoms with Crippen molar-refractivity contribution in [3.05, 3.63) is 35.6 Å². The van der Waals surface area contributed by atoms with E-state index in [1.807, 2.05) is 0 Å². The van der Waals surface area contributed by atoms with Crippen molar-refractivity contribution in [3.8, 4) is 0 Å². The summed E-state index contributed by atoms with van der Waals surface area (Å²) in [6, 6.07) is 5.90. The number of benzene rings is 1. The number of hydrogen-bond donors (Lipinski definition) is 0. The molecular weight excluding hydrogens is 207 g/mol. The first kappa shape index (κ1) is 11.1. The molecule has 0 spiro atoms. The maximum atomic E-state index is 13.2. The summed E-state index contributed by atoms with van der Waals surface area (Å²) >= 11 is 0. The molecular formula is C13H15FO2. The topological polar surface area (TPSA) is 26.3 Å². The van der Waals surface area contributed by atoms with E-state index in [2.05, 4.69) is 0 Å². The van der Waals surface area contributed by atoms with Crippen molar-refractivity contribution in [2.45, 2.75) is 25.7 Å². The smallest absolute Gasteiger partial charge is 0.341 e. The van der Waals surface area contributed by atoms with E-state index in [4.69, 9.17) is 4.74 Å². The maximum absolute atomic E-state index is 13.2. The summed E-state index contributed by atoms with van der Waals surface area (Å²) in [4.78, 5) is 11.5. The van der Waals surface area contributed by atoms with Crippen LogP contribution in [-0.2, 0) is 4.74 Å². The molecule has 0 aromatic heterocycles. The number of carbonyl (C=O) groups excluding carboxylic acids is 1. The molecule has 16 heavy (non-hydrogen) atoms. The van der Waals surface area contributed by atoms with Crippen molar-refractivity contribution in [3.63, 3.8) is 0 Å². The van der Waals surface area contributed by atoms with Gasteiger partial charge in [-0.3, -0.25) is 0 Å². The van der Waals surface area contributed by atoms with Gasteiger partial charge in [0.15, 0.2) is 0 Å². The lowest BCUT2D eigenvalue weighted by Crippen LogP contribution is -2.16. The van der Waals surface area contributed by atoms with Gasteiger partial charge >= 0.3 is 5.97 Å². The molecule has 0 saturated heterocycles. The molecule has 0 heterocycles. The molecule has 1 aliphatic rings. The Balaban J connectivity index is 1.81. The fourth-order valence-corrected chi connectivity index (χ4v) is 1.80. The van der Waals surface area contributed by atoms with Gasteiger partial charge in [-0.05, 0) is 24.5 Å². The van der Waals surface area contributed by atoms with Crippen LogP contribution in [-0.4, -0.2) is 12.6 Å². The van der Waals surface area contributed by atoms with Crippen molar-refractivity contribution >= 4 is 5.97 Å². The average Bonchev–Trinajstić information content (AvgIpc) is 2.22. The van der Waals surface area contributed by atoms with Crippen molar-refractivity contribution in [1.82, 2.24) is 0 Å². The predicted octanol–water partition coefficient (Wildman–Crippen LogP) is 3.17. The summed E-state index contributed by atoms with van der Waals surface area (Å²) in [5, 5.41) is 0. The van der Waals surface area contributed by atoms with Gasteiger partial charge in [-0.25, -0.2) is 9.18 Å². The van der Waals surface area contributed by atoms with E-state index in [0.717, 1.165) is 6.42 Å². The molecule has 86 valence electrons. The van der Waals surface area contributed by atoms with Crippen LogP contribution in [0, 0.1) is 11.7 Å². The first-order valence-corrected chi connectivity index (χ1v) is 5.69. The monoisotopic (exact) mass is 222 g/mol. The Morgan fingerprint density at radius 1 is 1.38 bits per heavy atom. The molecule has 0 bridgehead atoms. The summed E-state index contributed by atoms with van der Waals surface area (Å²) in [5.41, 5.74) is 0.0242. The highest BCUT2D eigenvalue weighted by Gasteiger charge is 2.18. The highest BCUT2D eigenvalue weighted by molar-refractivity contribution is 5.89. The molecule has 1 aromatic rings. The lowest BCUT2D eigenvalue weighted by atomic mass is 9.83. The summed E-state index contributed by atoms with van der Waals surface area (Å²) in [6.45, 7) is 0.401. The van der Waals surface area contributed by atoms with E-state index in [1.165, 1.54) is 31.4 Å². The van der Waals surface area contributed by atoms with Crippen LogP contribution in [0.15, 0.2) is 24.3 Å². The van der Waals surface area contributed by atoms with Crippen LogP contribution in [0.1, 0.15) is 36.0 Å². The molecule has 0 atom stereocenters. The fourth-order valence-electron chi connectivity index (χ4n) is 1.80. The molecule has 0 amide bonds. The molecule has 0 aliphatic heterocycles. The van der Waals surface area contributed by atoms with Gasteiger partial charge in [0.25, 0.3) is 0 Å². The van der Waals surface area contributed by atoms with E-state index in [-0.39, 0.29) is 5.56 Å². The molecule has 1 fully saturated rings. The van der Waals surface area contributed by atoms with Crippen LogP contribution in [0.4, 0.5) is 4.39 Å². The molecule has 2 rings (SSSR count). The number of ether oxygens (including phenoxy) is 1. The second-order valence-corrected chi connectivity index (χ2v) is 4.20. The molecule has 1 aromatic carbocycles. The number of hydrogen-bond acceptors (Lipinski definition) is 2. The van der Waals surface area contributed by atoms with Gasteiger partial charge in [-0.1, -0.05) is 31.4 Å².